The average molecular weight is 607 g/mol. The zero-order valence-corrected chi connectivity index (χ0v) is 25.4. The molecule has 1 amide bonds. The lowest BCUT2D eigenvalue weighted by Crippen LogP contribution is -2.29. The lowest BCUT2D eigenvalue weighted by molar-refractivity contribution is 0.0665. The molecule has 0 saturated carbocycles. The number of aryl methyl sites for hydroxylation is 1. The highest BCUT2D eigenvalue weighted by Crippen LogP contribution is 2.36. The third-order valence-corrected chi connectivity index (χ3v) is 7.91. The van der Waals surface area contributed by atoms with Crippen molar-refractivity contribution < 1.29 is 23.7 Å². The van der Waals surface area contributed by atoms with Gasteiger partial charge in [-0.2, -0.15) is 0 Å². The average Bonchev–Trinajstić information content (AvgIpc) is 3.06. The Morgan fingerprint density at radius 3 is 2.42 bits per heavy atom. The van der Waals surface area contributed by atoms with Gasteiger partial charge in [-0.3, -0.25) is 19.1 Å². The van der Waals surface area contributed by atoms with Crippen LogP contribution in [0.5, 0.6) is 23.0 Å². The van der Waals surface area contributed by atoms with Crippen LogP contribution in [-0.4, -0.2) is 47.9 Å². The molecule has 4 heterocycles. The molecule has 1 aliphatic heterocycles. The molecule has 0 atom stereocenters. The number of carbonyl (C=O) groups is 1. The Labute approximate surface area is 260 Å². The monoisotopic (exact) mass is 606 g/mol. The van der Waals surface area contributed by atoms with E-state index in [2.05, 4.69) is 15.3 Å². The molecule has 3 aromatic heterocycles. The number of benzene rings is 2. The normalized spacial score (nSPS) is 13.4. The molecule has 0 spiro atoms. The fourth-order valence-corrected chi connectivity index (χ4v) is 5.46. The van der Waals surface area contributed by atoms with E-state index >= 15 is 0 Å². The molecule has 1 N–H and O–H groups in total. The lowest BCUT2D eigenvalue weighted by atomic mass is 9.92. The van der Waals surface area contributed by atoms with Crippen LogP contribution < -0.4 is 25.1 Å². The molecule has 0 bridgehead atoms. The van der Waals surface area contributed by atoms with Gasteiger partial charge in [-0.25, -0.2) is 4.98 Å². The smallest absolute Gasteiger partial charge is 0.267 e. The molecule has 1 saturated heterocycles. The molecule has 0 unspecified atom stereocenters. The number of nitrogens with one attached hydrogen (secondary N) is 1. The number of methoxy groups -OCH3 is 2. The molecule has 1 aliphatic rings. The Morgan fingerprint density at radius 1 is 0.956 bits per heavy atom. The largest absolute Gasteiger partial charge is 0.493 e. The number of aromatic nitrogens is 3. The molecule has 0 aliphatic carbocycles. The van der Waals surface area contributed by atoms with Gasteiger partial charge in [0.05, 0.1) is 25.9 Å². The summed E-state index contributed by atoms with van der Waals surface area (Å²) in [6.45, 7) is 3.44. The maximum Gasteiger partial charge on any atom is 0.267 e. The zero-order valence-electron chi connectivity index (χ0n) is 25.4. The first-order valence-electron chi connectivity index (χ1n) is 14.8. The summed E-state index contributed by atoms with van der Waals surface area (Å²) in [7, 11) is 3.14. The van der Waals surface area contributed by atoms with E-state index in [9.17, 15) is 9.59 Å². The Hall–Kier alpha value is -5.22. The lowest BCUT2D eigenvalue weighted by Gasteiger charge is -2.22. The first-order chi connectivity index (χ1) is 21.9. The van der Waals surface area contributed by atoms with Crippen LogP contribution in [0.4, 0.5) is 5.82 Å². The number of ether oxygens (including phenoxy) is 4. The molecule has 45 heavy (non-hydrogen) atoms. The van der Waals surface area contributed by atoms with Gasteiger partial charge in [0, 0.05) is 42.7 Å². The number of anilines is 1. The van der Waals surface area contributed by atoms with Crippen molar-refractivity contribution in [2.24, 2.45) is 5.92 Å². The van der Waals surface area contributed by atoms with Crippen molar-refractivity contribution in [2.75, 3.05) is 32.8 Å². The number of hydrogen-bond donors (Lipinski definition) is 1. The number of nitrogens with zero attached hydrogens (tertiary/aromatic N) is 3. The van der Waals surface area contributed by atoms with Crippen LogP contribution in [-0.2, 0) is 11.2 Å². The maximum absolute atomic E-state index is 13.6. The van der Waals surface area contributed by atoms with E-state index < -0.39 is 11.5 Å². The number of fused-ring (bicyclic) bond motifs is 1. The number of rotatable bonds is 9. The van der Waals surface area contributed by atoms with Gasteiger partial charge in [0.2, 0.25) is 0 Å². The summed E-state index contributed by atoms with van der Waals surface area (Å²) in [5.41, 5.74) is 3.03. The van der Waals surface area contributed by atoms with Gasteiger partial charge < -0.3 is 24.3 Å². The van der Waals surface area contributed by atoms with E-state index in [0.29, 0.717) is 40.1 Å². The van der Waals surface area contributed by atoms with E-state index in [-0.39, 0.29) is 11.4 Å². The highest BCUT2D eigenvalue weighted by Gasteiger charge is 2.20. The van der Waals surface area contributed by atoms with Crippen molar-refractivity contribution >= 4 is 22.6 Å². The summed E-state index contributed by atoms with van der Waals surface area (Å²) < 4.78 is 24.0. The summed E-state index contributed by atoms with van der Waals surface area (Å²) in [4.78, 5) is 35.9. The highest BCUT2D eigenvalue weighted by atomic mass is 16.5. The minimum atomic E-state index is -0.531. The minimum Gasteiger partial charge on any atom is -0.493 e. The van der Waals surface area contributed by atoms with Gasteiger partial charge in [0.1, 0.15) is 22.9 Å². The molecule has 1 fully saturated rings. The van der Waals surface area contributed by atoms with Gasteiger partial charge in [-0.15, -0.1) is 0 Å². The third-order valence-electron chi connectivity index (χ3n) is 7.91. The SMILES string of the molecule is COc1cc2nccc(Oc3ccc(NC(=O)c4cc(CC5CCOCC5)cn(-c5ccc(C)cc5)c4=O)nc3)c2cc1OC. The Kier molecular flexibility index (Phi) is 8.74. The summed E-state index contributed by atoms with van der Waals surface area (Å²) in [6.07, 6.45) is 7.64. The highest BCUT2D eigenvalue weighted by molar-refractivity contribution is 6.03. The van der Waals surface area contributed by atoms with Crippen LogP contribution >= 0.6 is 0 Å². The molecular weight excluding hydrogens is 572 g/mol. The van der Waals surface area contributed by atoms with Gasteiger partial charge in [-0.05, 0) is 80.1 Å². The summed E-state index contributed by atoms with van der Waals surface area (Å²) in [5, 5.41) is 3.52. The van der Waals surface area contributed by atoms with E-state index in [4.69, 9.17) is 18.9 Å². The van der Waals surface area contributed by atoms with Crippen LogP contribution in [0.3, 0.4) is 0 Å². The molecule has 5 aromatic rings. The first-order valence-corrected chi connectivity index (χ1v) is 14.8. The van der Waals surface area contributed by atoms with Crippen molar-refractivity contribution in [3.8, 4) is 28.7 Å². The van der Waals surface area contributed by atoms with Crippen molar-refractivity contribution in [3.05, 3.63) is 106 Å². The van der Waals surface area contributed by atoms with E-state index in [1.54, 1.807) is 61.4 Å². The van der Waals surface area contributed by atoms with Crippen LogP contribution in [0.15, 0.2) is 84.0 Å². The molecule has 10 heteroatoms. The summed E-state index contributed by atoms with van der Waals surface area (Å²) >= 11 is 0. The molecule has 2 aromatic carbocycles. The van der Waals surface area contributed by atoms with Gasteiger partial charge >= 0.3 is 0 Å². The van der Waals surface area contributed by atoms with Crippen molar-refractivity contribution in [2.45, 2.75) is 26.2 Å². The summed E-state index contributed by atoms with van der Waals surface area (Å²) in [5.74, 6) is 2.31. The second-order valence-corrected chi connectivity index (χ2v) is 11.0. The van der Waals surface area contributed by atoms with Gasteiger partial charge in [0.15, 0.2) is 11.5 Å². The van der Waals surface area contributed by atoms with Gasteiger partial charge in [-0.1, -0.05) is 17.7 Å². The predicted molar refractivity (Wildman–Crippen MR) is 171 cm³/mol. The van der Waals surface area contributed by atoms with Crippen molar-refractivity contribution in [1.82, 2.24) is 14.5 Å². The predicted octanol–water partition coefficient (Wildman–Crippen LogP) is 6.12. The number of hydrogen-bond acceptors (Lipinski definition) is 8. The topological polar surface area (TPSA) is 114 Å². The number of carbonyl (C=O) groups excluding carboxylic acids is 1. The molecule has 10 nitrogen and oxygen atoms in total. The van der Waals surface area contributed by atoms with Crippen molar-refractivity contribution in [3.63, 3.8) is 0 Å². The van der Waals surface area contributed by atoms with Crippen LogP contribution in [0, 0.1) is 12.8 Å². The molecular formula is C35H34N4O6. The first kappa shape index (κ1) is 29.8. The van der Waals surface area contributed by atoms with E-state index in [0.717, 1.165) is 49.0 Å². The Balaban J connectivity index is 1.24. The molecule has 230 valence electrons. The van der Waals surface area contributed by atoms with Crippen LogP contribution in [0.25, 0.3) is 16.6 Å². The standard InChI is InChI=1S/C35H34N4O6/c1-22-4-6-25(7-5-22)39-21-24(16-23-11-14-44-15-12-23)17-28(35(39)41)34(40)38-33-9-8-26(20-37-33)45-30-10-13-36-29-19-32(43-3)31(42-2)18-27(29)30/h4-10,13,17-21,23H,11-12,14-16H2,1-3H3,(H,37,38,40). The van der Waals surface area contributed by atoms with Crippen LogP contribution in [0.2, 0.25) is 0 Å². The minimum absolute atomic E-state index is 0.0508. The fourth-order valence-electron chi connectivity index (χ4n) is 5.46. The van der Waals surface area contributed by atoms with E-state index in [1.807, 2.05) is 37.4 Å². The fraction of sp³-hybridized carbons (Fsp3) is 0.257. The Bertz CT molecular complexity index is 1880. The molecule has 6 rings (SSSR count). The van der Waals surface area contributed by atoms with Crippen LogP contribution in [0.1, 0.15) is 34.3 Å². The second-order valence-electron chi connectivity index (χ2n) is 11.0. The zero-order chi connectivity index (χ0) is 31.3. The van der Waals surface area contributed by atoms with E-state index in [1.165, 1.54) is 6.20 Å². The number of amides is 1. The summed E-state index contributed by atoms with van der Waals surface area (Å²) in [6, 6.07) is 18.0. The number of pyridine rings is 3. The van der Waals surface area contributed by atoms with Gasteiger partial charge in [0.25, 0.3) is 11.5 Å². The Morgan fingerprint density at radius 2 is 1.71 bits per heavy atom. The van der Waals surface area contributed by atoms with Crippen molar-refractivity contribution in [1.29, 1.82) is 0 Å². The second kappa shape index (κ2) is 13.2. The quantitative estimate of drug-likeness (QED) is 0.214. The third kappa shape index (κ3) is 6.66. The maximum atomic E-state index is 13.6. The molecule has 0 radical (unpaired) electrons.